The van der Waals surface area contributed by atoms with E-state index in [-0.39, 0.29) is 31.6 Å². The molecule has 0 unspecified atom stereocenters. The smallest absolute Gasteiger partial charge is 0.408 e. The number of rotatable bonds is 12. The molecule has 1 aliphatic heterocycles. The molecule has 40 heavy (non-hydrogen) atoms. The van der Waals surface area contributed by atoms with Gasteiger partial charge in [0.2, 0.25) is 21.8 Å². The molecule has 0 aromatic heterocycles. The van der Waals surface area contributed by atoms with E-state index < -0.39 is 68.2 Å². The Balaban J connectivity index is 1.75. The number of carbonyl (C=O) groups excluding carboxylic acids is 5. The van der Waals surface area contributed by atoms with E-state index in [1.165, 1.54) is 11.0 Å². The van der Waals surface area contributed by atoms with Gasteiger partial charge in [0.1, 0.15) is 23.2 Å². The summed E-state index contributed by atoms with van der Waals surface area (Å²) in [6.07, 6.45) is 2.50. The minimum Gasteiger partial charge on any atom is -0.444 e. The van der Waals surface area contributed by atoms with Crippen LogP contribution in [-0.2, 0) is 33.9 Å². The number of allylic oxidation sites excluding steroid dienone is 1. The molecule has 3 N–H and O–H groups in total. The van der Waals surface area contributed by atoms with Crippen molar-refractivity contribution in [3.63, 3.8) is 0 Å². The molecule has 3 fully saturated rings. The van der Waals surface area contributed by atoms with Crippen molar-refractivity contribution in [1.29, 1.82) is 0 Å². The maximum absolute atomic E-state index is 13.6. The molecule has 0 aromatic rings. The van der Waals surface area contributed by atoms with E-state index in [9.17, 15) is 32.4 Å². The second-order valence-corrected chi connectivity index (χ2v) is 13.8. The number of sulfonamides is 1. The average Bonchev–Trinajstić information content (AvgIpc) is 3.76. The number of likely N-dealkylation sites (tertiary alicyclic amines) is 1. The highest BCUT2D eigenvalue weighted by Crippen LogP contribution is 2.45. The van der Waals surface area contributed by atoms with Gasteiger partial charge in [-0.25, -0.2) is 13.2 Å². The van der Waals surface area contributed by atoms with Crippen molar-refractivity contribution in [3.8, 4) is 0 Å². The van der Waals surface area contributed by atoms with Gasteiger partial charge in [-0.3, -0.25) is 23.9 Å². The van der Waals surface area contributed by atoms with E-state index in [0.29, 0.717) is 31.3 Å². The third-order valence-corrected chi connectivity index (χ3v) is 9.03. The molecule has 0 aromatic carbocycles. The molecule has 0 spiro atoms. The lowest BCUT2D eigenvalue weighted by Crippen LogP contribution is -2.58. The lowest BCUT2D eigenvalue weighted by molar-refractivity contribution is -0.141. The number of ketones is 1. The van der Waals surface area contributed by atoms with Crippen LogP contribution < -0.4 is 15.4 Å². The summed E-state index contributed by atoms with van der Waals surface area (Å²) in [5, 5.41) is 4.61. The van der Waals surface area contributed by atoms with Crippen molar-refractivity contribution >= 4 is 39.6 Å². The highest BCUT2D eigenvalue weighted by Gasteiger charge is 2.61. The highest BCUT2D eigenvalue weighted by atomic mass is 32.2. The number of Topliss-reactive ketones (excluding diaryl/α,β-unsaturated/α-hetero) is 1. The van der Waals surface area contributed by atoms with Crippen LogP contribution in [0.15, 0.2) is 24.8 Å². The van der Waals surface area contributed by atoms with Gasteiger partial charge in [0.15, 0.2) is 5.78 Å². The number of nitrogens with one attached hydrogen (secondary N) is 3. The molecule has 3 rings (SSSR count). The van der Waals surface area contributed by atoms with Crippen LogP contribution in [0.5, 0.6) is 0 Å². The maximum atomic E-state index is 13.6. The van der Waals surface area contributed by atoms with Crippen LogP contribution in [0.2, 0.25) is 0 Å². The molecule has 0 radical (unpaired) electrons. The van der Waals surface area contributed by atoms with Gasteiger partial charge in [-0.1, -0.05) is 12.7 Å². The van der Waals surface area contributed by atoms with Crippen molar-refractivity contribution in [3.05, 3.63) is 24.8 Å². The van der Waals surface area contributed by atoms with Crippen LogP contribution in [0, 0.1) is 5.92 Å². The van der Waals surface area contributed by atoms with Crippen LogP contribution in [0.4, 0.5) is 4.79 Å². The number of carbonyl (C=O) groups is 5. The van der Waals surface area contributed by atoms with E-state index in [1.807, 2.05) is 0 Å². The fourth-order valence-corrected chi connectivity index (χ4v) is 6.08. The molecule has 1 saturated heterocycles. The van der Waals surface area contributed by atoms with Gasteiger partial charge in [0.05, 0.1) is 5.25 Å². The van der Waals surface area contributed by atoms with E-state index in [4.69, 9.17) is 4.74 Å². The normalized spacial score (nSPS) is 24.9. The highest BCUT2D eigenvalue weighted by molar-refractivity contribution is 7.91. The van der Waals surface area contributed by atoms with Gasteiger partial charge in [0.25, 0.3) is 5.91 Å². The van der Waals surface area contributed by atoms with Crippen molar-refractivity contribution in [2.24, 2.45) is 5.92 Å². The van der Waals surface area contributed by atoms with Crippen molar-refractivity contribution in [2.75, 3.05) is 6.54 Å². The first kappa shape index (κ1) is 31.3. The van der Waals surface area contributed by atoms with Gasteiger partial charge in [-0.2, -0.15) is 0 Å². The summed E-state index contributed by atoms with van der Waals surface area (Å²) in [6.45, 7) is 14.1. The molecule has 2 saturated carbocycles. The fourth-order valence-electron chi connectivity index (χ4n) is 4.72. The first-order valence-electron chi connectivity index (χ1n) is 13.5. The zero-order valence-corrected chi connectivity index (χ0v) is 24.4. The molecule has 2 aliphatic carbocycles. The number of nitrogens with zero attached hydrogens (tertiary/aromatic N) is 1. The van der Waals surface area contributed by atoms with Gasteiger partial charge < -0.3 is 20.3 Å². The summed E-state index contributed by atoms with van der Waals surface area (Å²) in [4.78, 5) is 66.1. The quantitative estimate of drug-likeness (QED) is 0.230. The third-order valence-electron chi connectivity index (χ3n) is 7.21. The predicted molar refractivity (Wildman–Crippen MR) is 146 cm³/mol. The summed E-state index contributed by atoms with van der Waals surface area (Å²) in [5.74, 6) is -2.73. The van der Waals surface area contributed by atoms with E-state index in [0.717, 1.165) is 0 Å². The minimum absolute atomic E-state index is 0.0292. The summed E-state index contributed by atoms with van der Waals surface area (Å²) in [6, 6.07) is -2.10. The Morgan fingerprint density at radius 3 is 2.33 bits per heavy atom. The van der Waals surface area contributed by atoms with E-state index in [1.54, 1.807) is 27.7 Å². The Morgan fingerprint density at radius 1 is 1.15 bits per heavy atom. The molecule has 0 bridgehead atoms. The number of hydrogen-bond donors (Lipinski definition) is 3. The molecular weight excluding hydrogens is 540 g/mol. The monoisotopic (exact) mass is 580 g/mol. The molecule has 13 heteroatoms. The summed E-state index contributed by atoms with van der Waals surface area (Å²) in [5.41, 5.74) is -1.98. The molecule has 222 valence electrons. The van der Waals surface area contributed by atoms with E-state index >= 15 is 0 Å². The van der Waals surface area contributed by atoms with Crippen LogP contribution >= 0.6 is 0 Å². The summed E-state index contributed by atoms with van der Waals surface area (Å²) in [7, 11) is -3.83. The predicted octanol–water partition coefficient (Wildman–Crippen LogP) is 1.47. The largest absolute Gasteiger partial charge is 0.444 e. The third kappa shape index (κ3) is 7.49. The minimum atomic E-state index is -3.83. The number of ether oxygens (including phenoxy) is 1. The molecule has 4 amide bonds. The second kappa shape index (κ2) is 11.7. The van der Waals surface area contributed by atoms with Gasteiger partial charge in [-0.05, 0) is 71.8 Å². The molecule has 12 nitrogen and oxygen atoms in total. The Morgan fingerprint density at radius 2 is 1.80 bits per heavy atom. The van der Waals surface area contributed by atoms with Crippen LogP contribution in [-0.4, -0.2) is 77.9 Å². The Hall–Kier alpha value is -3.22. The number of amides is 4. The SMILES string of the molecule is C=C[C@@H]1C[C@]1(NC(=O)[C@@H]1CCCN1C(=O)[C@H](CCC(=O)C(=C)C)NC(=O)OC(C)(C)C)C(=O)NS(=O)(=O)C1CC1. The fraction of sp³-hybridized carbons (Fsp3) is 0.667. The average molecular weight is 581 g/mol. The first-order chi connectivity index (χ1) is 18.5. The lowest BCUT2D eigenvalue weighted by Gasteiger charge is -2.30. The number of alkyl carbamates (subject to hydrolysis) is 1. The molecule has 4 atom stereocenters. The summed E-state index contributed by atoms with van der Waals surface area (Å²) < 4.78 is 32.1. The Bertz CT molecular complexity index is 1200. The molecular formula is C27H40N4O8S. The Kier molecular flexibility index (Phi) is 9.17. The topological polar surface area (TPSA) is 168 Å². The first-order valence-corrected chi connectivity index (χ1v) is 15.0. The zero-order chi connectivity index (χ0) is 30.0. The van der Waals surface area contributed by atoms with Gasteiger partial charge in [0, 0.05) is 18.9 Å². The second-order valence-electron chi connectivity index (χ2n) is 11.8. The zero-order valence-electron chi connectivity index (χ0n) is 23.6. The van der Waals surface area contributed by atoms with Crippen molar-refractivity contribution in [2.45, 2.75) is 101 Å². The number of hydrogen-bond acceptors (Lipinski definition) is 8. The Labute approximate surface area is 235 Å². The van der Waals surface area contributed by atoms with Crippen molar-refractivity contribution < 1.29 is 37.1 Å². The maximum Gasteiger partial charge on any atom is 0.408 e. The van der Waals surface area contributed by atoms with Crippen molar-refractivity contribution in [1.82, 2.24) is 20.3 Å². The van der Waals surface area contributed by atoms with Crippen LogP contribution in [0.25, 0.3) is 0 Å². The van der Waals surface area contributed by atoms with E-state index in [2.05, 4.69) is 28.5 Å². The standard InChI is InChI=1S/C27H40N4O8S/c1-7-17-15-27(17,24(35)30-40(37,38)18-10-11-18)29-22(33)20-9-8-14-31(20)23(34)19(12-13-21(32)16(2)3)28-25(36)39-26(4,5)6/h7,17-20H,1-2,8-15H2,3-6H3,(H,28,36)(H,29,33)(H,30,35)/t17-,19+,20+,27-/m1/s1. The molecule has 1 heterocycles. The van der Waals surface area contributed by atoms with Crippen LogP contribution in [0.3, 0.4) is 0 Å². The van der Waals surface area contributed by atoms with Gasteiger partial charge in [-0.15, -0.1) is 6.58 Å². The lowest BCUT2D eigenvalue weighted by atomic mass is 10.0. The van der Waals surface area contributed by atoms with Crippen LogP contribution in [0.1, 0.15) is 72.6 Å². The molecule has 3 aliphatic rings. The summed E-state index contributed by atoms with van der Waals surface area (Å²) >= 11 is 0. The van der Waals surface area contributed by atoms with Gasteiger partial charge >= 0.3 is 6.09 Å².